The van der Waals surface area contributed by atoms with Crippen LogP contribution >= 0.6 is 11.8 Å². The SMILES string of the molecule is CC(C)Oc1ccc(SC2CC2C(=O)O)cc1. The molecular weight excluding hydrogens is 236 g/mol. The van der Waals surface area contributed by atoms with E-state index in [-0.39, 0.29) is 17.3 Å². The Bertz CT molecular complexity index is 400. The first kappa shape index (κ1) is 12.3. The van der Waals surface area contributed by atoms with Gasteiger partial charge in [-0.3, -0.25) is 4.79 Å². The molecule has 0 heterocycles. The highest BCUT2D eigenvalue weighted by Crippen LogP contribution is 2.45. The van der Waals surface area contributed by atoms with Gasteiger partial charge >= 0.3 is 5.97 Å². The number of thioether (sulfide) groups is 1. The van der Waals surface area contributed by atoms with Crippen molar-refractivity contribution in [2.75, 3.05) is 0 Å². The number of rotatable bonds is 5. The lowest BCUT2D eigenvalue weighted by Crippen LogP contribution is -2.05. The lowest BCUT2D eigenvalue weighted by Gasteiger charge is -2.09. The lowest BCUT2D eigenvalue weighted by atomic mass is 10.3. The summed E-state index contributed by atoms with van der Waals surface area (Å²) in [6.45, 7) is 3.98. The number of carbonyl (C=O) groups is 1. The van der Waals surface area contributed by atoms with Crippen molar-refractivity contribution in [3.63, 3.8) is 0 Å². The molecule has 0 radical (unpaired) electrons. The standard InChI is InChI=1S/C13H16O3S/c1-8(2)16-9-3-5-10(6-4-9)17-12-7-11(12)13(14)15/h3-6,8,11-12H,7H2,1-2H3,(H,14,15). The van der Waals surface area contributed by atoms with Crippen molar-refractivity contribution in [1.29, 1.82) is 0 Å². The summed E-state index contributed by atoms with van der Waals surface area (Å²) in [5.74, 6) is 0.0174. The molecule has 1 fully saturated rings. The van der Waals surface area contributed by atoms with Gasteiger partial charge in [-0.1, -0.05) is 0 Å². The molecule has 1 aliphatic rings. The Morgan fingerprint density at radius 2 is 2.06 bits per heavy atom. The molecule has 92 valence electrons. The van der Waals surface area contributed by atoms with Crippen LogP contribution in [0, 0.1) is 5.92 Å². The quantitative estimate of drug-likeness (QED) is 0.875. The zero-order valence-electron chi connectivity index (χ0n) is 9.92. The Labute approximate surface area is 105 Å². The zero-order chi connectivity index (χ0) is 12.4. The number of carboxylic acid groups (broad SMARTS) is 1. The van der Waals surface area contributed by atoms with Crippen LogP contribution in [-0.2, 0) is 4.79 Å². The van der Waals surface area contributed by atoms with Crippen molar-refractivity contribution in [2.24, 2.45) is 5.92 Å². The lowest BCUT2D eigenvalue weighted by molar-refractivity contribution is -0.138. The van der Waals surface area contributed by atoms with Crippen molar-refractivity contribution >= 4 is 17.7 Å². The highest BCUT2D eigenvalue weighted by atomic mass is 32.2. The van der Waals surface area contributed by atoms with E-state index in [0.717, 1.165) is 17.1 Å². The predicted molar refractivity (Wildman–Crippen MR) is 67.6 cm³/mol. The van der Waals surface area contributed by atoms with Crippen LogP contribution in [0.5, 0.6) is 5.75 Å². The Morgan fingerprint density at radius 3 is 2.53 bits per heavy atom. The third kappa shape index (κ3) is 3.40. The molecule has 1 aromatic carbocycles. The molecule has 0 amide bonds. The van der Waals surface area contributed by atoms with Crippen LogP contribution in [0.15, 0.2) is 29.2 Å². The van der Waals surface area contributed by atoms with E-state index in [0.29, 0.717) is 0 Å². The van der Waals surface area contributed by atoms with E-state index < -0.39 is 5.97 Å². The van der Waals surface area contributed by atoms with Gasteiger partial charge in [0, 0.05) is 10.1 Å². The minimum Gasteiger partial charge on any atom is -0.491 e. The first-order chi connectivity index (χ1) is 8.06. The van der Waals surface area contributed by atoms with Gasteiger partial charge in [-0.2, -0.15) is 0 Å². The summed E-state index contributed by atoms with van der Waals surface area (Å²) in [6.07, 6.45) is 0.956. The van der Waals surface area contributed by atoms with E-state index in [1.165, 1.54) is 0 Å². The number of hydrogen-bond donors (Lipinski definition) is 1. The summed E-state index contributed by atoms with van der Waals surface area (Å²) < 4.78 is 5.55. The second kappa shape index (κ2) is 5.00. The van der Waals surface area contributed by atoms with Crippen LogP contribution in [0.3, 0.4) is 0 Å². The normalized spacial score (nSPS) is 22.5. The van der Waals surface area contributed by atoms with Crippen molar-refractivity contribution in [3.8, 4) is 5.75 Å². The third-order valence-electron chi connectivity index (χ3n) is 2.53. The van der Waals surface area contributed by atoms with Crippen molar-refractivity contribution in [1.82, 2.24) is 0 Å². The largest absolute Gasteiger partial charge is 0.491 e. The highest BCUT2D eigenvalue weighted by Gasteiger charge is 2.43. The van der Waals surface area contributed by atoms with Gasteiger partial charge in [-0.05, 0) is 44.5 Å². The predicted octanol–water partition coefficient (Wildman–Crippen LogP) is 3.04. The van der Waals surface area contributed by atoms with Crippen LogP contribution in [0.2, 0.25) is 0 Å². The van der Waals surface area contributed by atoms with Crippen molar-refractivity contribution in [2.45, 2.75) is 36.5 Å². The van der Waals surface area contributed by atoms with Gasteiger partial charge in [0.2, 0.25) is 0 Å². The molecule has 2 atom stereocenters. The van der Waals surface area contributed by atoms with Gasteiger partial charge in [-0.25, -0.2) is 0 Å². The zero-order valence-corrected chi connectivity index (χ0v) is 10.7. The Balaban J connectivity index is 1.89. The van der Waals surface area contributed by atoms with E-state index >= 15 is 0 Å². The van der Waals surface area contributed by atoms with Crippen molar-refractivity contribution < 1.29 is 14.6 Å². The fraction of sp³-hybridized carbons (Fsp3) is 0.462. The van der Waals surface area contributed by atoms with Crippen LogP contribution in [0.1, 0.15) is 20.3 Å². The highest BCUT2D eigenvalue weighted by molar-refractivity contribution is 8.00. The Morgan fingerprint density at radius 1 is 1.41 bits per heavy atom. The summed E-state index contributed by atoms with van der Waals surface area (Å²) in [5, 5.41) is 9.05. The van der Waals surface area contributed by atoms with Crippen LogP contribution < -0.4 is 4.74 Å². The molecule has 0 bridgehead atoms. The second-order valence-electron chi connectivity index (χ2n) is 4.47. The van der Waals surface area contributed by atoms with Crippen LogP contribution in [0.4, 0.5) is 0 Å². The van der Waals surface area contributed by atoms with E-state index in [1.807, 2.05) is 38.1 Å². The van der Waals surface area contributed by atoms with Gasteiger partial charge in [0.15, 0.2) is 0 Å². The Kier molecular flexibility index (Phi) is 3.62. The molecule has 0 saturated heterocycles. The number of benzene rings is 1. The Hall–Kier alpha value is -1.16. The fourth-order valence-electron chi connectivity index (χ4n) is 1.61. The molecule has 2 rings (SSSR count). The summed E-state index contributed by atoms with van der Waals surface area (Å²) in [7, 11) is 0. The van der Waals surface area contributed by atoms with Crippen LogP contribution in [-0.4, -0.2) is 22.4 Å². The molecule has 17 heavy (non-hydrogen) atoms. The number of ether oxygens (including phenoxy) is 1. The molecule has 1 N–H and O–H groups in total. The molecule has 3 nitrogen and oxygen atoms in total. The van der Waals surface area contributed by atoms with Gasteiger partial charge in [0.25, 0.3) is 0 Å². The molecule has 4 heteroatoms. The number of aliphatic carboxylic acids is 1. The maximum absolute atomic E-state index is 10.7. The van der Waals surface area contributed by atoms with Crippen molar-refractivity contribution in [3.05, 3.63) is 24.3 Å². The minimum absolute atomic E-state index is 0.161. The van der Waals surface area contributed by atoms with E-state index in [4.69, 9.17) is 9.84 Å². The third-order valence-corrected chi connectivity index (χ3v) is 3.90. The number of carboxylic acids is 1. The molecule has 1 saturated carbocycles. The average molecular weight is 252 g/mol. The summed E-state index contributed by atoms with van der Waals surface area (Å²) >= 11 is 1.64. The minimum atomic E-state index is -0.678. The van der Waals surface area contributed by atoms with Crippen LogP contribution in [0.25, 0.3) is 0 Å². The molecule has 0 spiro atoms. The van der Waals surface area contributed by atoms with Gasteiger partial charge < -0.3 is 9.84 Å². The first-order valence-electron chi connectivity index (χ1n) is 5.72. The summed E-state index contributed by atoms with van der Waals surface area (Å²) in [5.41, 5.74) is 0. The van der Waals surface area contributed by atoms with Gasteiger partial charge in [-0.15, -0.1) is 11.8 Å². The molecule has 0 aromatic heterocycles. The number of hydrogen-bond acceptors (Lipinski definition) is 3. The average Bonchev–Trinajstić information content (AvgIpc) is 3.00. The summed E-state index contributed by atoms with van der Waals surface area (Å²) in [4.78, 5) is 11.8. The monoisotopic (exact) mass is 252 g/mol. The van der Waals surface area contributed by atoms with E-state index in [9.17, 15) is 4.79 Å². The first-order valence-corrected chi connectivity index (χ1v) is 6.60. The topological polar surface area (TPSA) is 46.5 Å². The molecule has 0 aliphatic heterocycles. The molecule has 1 aliphatic carbocycles. The summed E-state index contributed by atoms with van der Waals surface area (Å²) in [6, 6.07) is 7.83. The smallest absolute Gasteiger partial charge is 0.307 e. The maximum atomic E-state index is 10.7. The van der Waals surface area contributed by atoms with Gasteiger partial charge in [0.1, 0.15) is 5.75 Å². The maximum Gasteiger partial charge on any atom is 0.307 e. The molecular formula is C13H16O3S. The van der Waals surface area contributed by atoms with E-state index in [1.54, 1.807) is 11.8 Å². The molecule has 1 aromatic rings. The second-order valence-corrected chi connectivity index (χ2v) is 5.79. The molecule has 2 unspecified atom stereocenters. The van der Waals surface area contributed by atoms with E-state index in [2.05, 4.69) is 0 Å². The fourth-order valence-corrected chi connectivity index (χ4v) is 2.83. The van der Waals surface area contributed by atoms with Gasteiger partial charge in [0.05, 0.1) is 12.0 Å².